The van der Waals surface area contributed by atoms with E-state index in [0.29, 0.717) is 17.8 Å². The summed E-state index contributed by atoms with van der Waals surface area (Å²) in [5, 5.41) is 14.1. The fourth-order valence-corrected chi connectivity index (χ4v) is 2.40. The molecule has 0 radical (unpaired) electrons. The Morgan fingerprint density at radius 1 is 1.04 bits per heavy atom. The average molecular weight is 350 g/mol. The first kappa shape index (κ1) is 19.0. The minimum atomic E-state index is -0.775. The maximum absolute atomic E-state index is 11.9. The summed E-state index contributed by atoms with van der Waals surface area (Å²) in [4.78, 5) is 25.8. The Hall–Kier alpha value is -3.33. The summed E-state index contributed by atoms with van der Waals surface area (Å²) in [7, 11) is 3.98. The van der Waals surface area contributed by atoms with Crippen molar-refractivity contribution >= 4 is 23.2 Å². The van der Waals surface area contributed by atoms with Crippen LogP contribution >= 0.6 is 0 Å². The summed E-state index contributed by atoms with van der Waals surface area (Å²) in [5.74, 6) is -1.48. The number of rotatable bonds is 6. The van der Waals surface area contributed by atoms with E-state index in [2.05, 4.69) is 22.8 Å². The number of carbonyl (C=O) groups excluding carboxylic acids is 2. The van der Waals surface area contributed by atoms with Crippen LogP contribution in [0.5, 0.6) is 0 Å². The van der Waals surface area contributed by atoms with Crippen molar-refractivity contribution in [2.45, 2.75) is 12.8 Å². The van der Waals surface area contributed by atoms with Crippen LogP contribution in [0.2, 0.25) is 0 Å². The molecule has 0 saturated heterocycles. The number of nitrogens with zero attached hydrogens (tertiary/aromatic N) is 2. The number of nitriles is 1. The van der Waals surface area contributed by atoms with E-state index in [1.54, 1.807) is 24.3 Å². The zero-order valence-electron chi connectivity index (χ0n) is 15.0. The van der Waals surface area contributed by atoms with Crippen LogP contribution in [0.25, 0.3) is 0 Å². The van der Waals surface area contributed by atoms with E-state index in [1.165, 1.54) is 5.56 Å². The molecule has 26 heavy (non-hydrogen) atoms. The Balaban J connectivity index is 1.76. The number of amides is 2. The summed E-state index contributed by atoms with van der Waals surface area (Å²) in [5.41, 5.74) is 2.96. The third-order valence-electron chi connectivity index (χ3n) is 3.88. The van der Waals surface area contributed by atoms with E-state index in [0.717, 1.165) is 18.5 Å². The minimum Gasteiger partial charge on any atom is -0.378 e. The van der Waals surface area contributed by atoms with Crippen LogP contribution < -0.4 is 15.5 Å². The van der Waals surface area contributed by atoms with Crippen molar-refractivity contribution in [2.24, 2.45) is 0 Å². The van der Waals surface area contributed by atoms with E-state index in [4.69, 9.17) is 5.26 Å². The minimum absolute atomic E-state index is 0.315. The van der Waals surface area contributed by atoms with Gasteiger partial charge in [-0.25, -0.2) is 0 Å². The molecule has 0 aliphatic heterocycles. The highest BCUT2D eigenvalue weighted by molar-refractivity contribution is 6.39. The van der Waals surface area contributed by atoms with E-state index in [9.17, 15) is 9.59 Å². The smallest absolute Gasteiger partial charge is 0.313 e. The summed E-state index contributed by atoms with van der Waals surface area (Å²) < 4.78 is 0. The molecule has 2 amide bonds. The van der Waals surface area contributed by atoms with Gasteiger partial charge in [0.25, 0.3) is 0 Å². The van der Waals surface area contributed by atoms with E-state index in [1.807, 2.05) is 37.2 Å². The summed E-state index contributed by atoms with van der Waals surface area (Å²) in [6, 6.07) is 16.7. The van der Waals surface area contributed by atoms with Crippen LogP contribution in [0.1, 0.15) is 17.5 Å². The SMILES string of the molecule is CN(C)c1ccc(CCCNC(=O)C(=O)Nc2ccccc2C#N)cc1. The molecule has 0 aliphatic carbocycles. The van der Waals surface area contributed by atoms with Crippen LogP contribution in [0.15, 0.2) is 48.5 Å². The quantitative estimate of drug-likeness (QED) is 0.618. The van der Waals surface area contributed by atoms with E-state index >= 15 is 0 Å². The summed E-state index contributed by atoms with van der Waals surface area (Å²) >= 11 is 0. The van der Waals surface area contributed by atoms with Gasteiger partial charge in [0.05, 0.1) is 11.3 Å². The first-order valence-electron chi connectivity index (χ1n) is 8.36. The lowest BCUT2D eigenvalue weighted by molar-refractivity contribution is -0.136. The molecule has 0 aromatic heterocycles. The lowest BCUT2D eigenvalue weighted by Crippen LogP contribution is -2.36. The Labute approximate surface area is 153 Å². The van der Waals surface area contributed by atoms with E-state index < -0.39 is 11.8 Å². The molecule has 2 aromatic rings. The Kier molecular flexibility index (Phi) is 6.75. The molecular formula is C20H22N4O2. The third kappa shape index (κ3) is 5.35. The fraction of sp³-hybridized carbons (Fsp3) is 0.250. The first-order valence-corrected chi connectivity index (χ1v) is 8.36. The molecule has 0 bridgehead atoms. The van der Waals surface area contributed by atoms with Crippen LogP contribution in [0.4, 0.5) is 11.4 Å². The topological polar surface area (TPSA) is 85.2 Å². The predicted molar refractivity (Wildman–Crippen MR) is 102 cm³/mol. The van der Waals surface area contributed by atoms with Crippen molar-refractivity contribution in [3.63, 3.8) is 0 Å². The number of hydrogen-bond donors (Lipinski definition) is 2. The molecule has 0 spiro atoms. The van der Waals surface area contributed by atoms with Crippen LogP contribution in [0, 0.1) is 11.3 Å². The Morgan fingerprint density at radius 2 is 1.73 bits per heavy atom. The van der Waals surface area contributed by atoms with Gasteiger partial charge >= 0.3 is 11.8 Å². The van der Waals surface area contributed by atoms with E-state index in [-0.39, 0.29) is 0 Å². The van der Waals surface area contributed by atoms with Gasteiger partial charge in [0.2, 0.25) is 0 Å². The first-order chi connectivity index (χ1) is 12.5. The Morgan fingerprint density at radius 3 is 2.38 bits per heavy atom. The second-order valence-electron chi connectivity index (χ2n) is 6.03. The van der Waals surface area contributed by atoms with Crippen molar-refractivity contribution in [3.05, 3.63) is 59.7 Å². The van der Waals surface area contributed by atoms with Crippen molar-refractivity contribution in [3.8, 4) is 6.07 Å². The lowest BCUT2D eigenvalue weighted by Gasteiger charge is -2.12. The lowest BCUT2D eigenvalue weighted by atomic mass is 10.1. The van der Waals surface area contributed by atoms with Crippen LogP contribution in [-0.2, 0) is 16.0 Å². The molecule has 0 saturated carbocycles. The van der Waals surface area contributed by atoms with Crippen LogP contribution in [0.3, 0.4) is 0 Å². The number of carbonyl (C=O) groups is 2. The van der Waals surface area contributed by atoms with Crippen molar-refractivity contribution < 1.29 is 9.59 Å². The molecular weight excluding hydrogens is 328 g/mol. The number of hydrogen-bond acceptors (Lipinski definition) is 4. The maximum Gasteiger partial charge on any atom is 0.313 e. The molecule has 6 heteroatoms. The summed E-state index contributed by atoms with van der Waals surface area (Å²) in [6.07, 6.45) is 1.54. The molecule has 2 N–H and O–H groups in total. The van der Waals surface area contributed by atoms with Gasteiger partial charge in [0.1, 0.15) is 6.07 Å². The number of aryl methyl sites for hydroxylation is 1. The van der Waals surface area contributed by atoms with Crippen molar-refractivity contribution in [1.29, 1.82) is 5.26 Å². The molecule has 6 nitrogen and oxygen atoms in total. The van der Waals surface area contributed by atoms with Gasteiger partial charge in [-0.1, -0.05) is 24.3 Å². The van der Waals surface area contributed by atoms with Crippen molar-refractivity contribution in [2.75, 3.05) is 30.9 Å². The van der Waals surface area contributed by atoms with Crippen LogP contribution in [-0.4, -0.2) is 32.5 Å². The standard InChI is InChI=1S/C20H22N4O2/c1-24(2)17-11-9-15(10-12-17)6-5-13-22-19(25)20(26)23-18-8-4-3-7-16(18)14-21/h3-4,7-12H,5-6,13H2,1-2H3,(H,22,25)(H,23,26). The highest BCUT2D eigenvalue weighted by Gasteiger charge is 2.14. The zero-order valence-corrected chi connectivity index (χ0v) is 15.0. The highest BCUT2D eigenvalue weighted by atomic mass is 16.2. The number of para-hydroxylation sites is 1. The molecule has 0 fully saturated rings. The van der Waals surface area contributed by atoms with Gasteiger partial charge in [-0.2, -0.15) is 5.26 Å². The molecule has 0 heterocycles. The van der Waals surface area contributed by atoms with Gasteiger partial charge in [-0.05, 0) is 42.7 Å². The molecule has 0 unspecified atom stereocenters. The number of anilines is 2. The fourth-order valence-electron chi connectivity index (χ4n) is 2.40. The second kappa shape index (κ2) is 9.23. The number of nitrogens with one attached hydrogen (secondary N) is 2. The second-order valence-corrected chi connectivity index (χ2v) is 6.03. The normalized spacial score (nSPS) is 9.88. The largest absolute Gasteiger partial charge is 0.378 e. The van der Waals surface area contributed by atoms with Gasteiger partial charge < -0.3 is 15.5 Å². The highest BCUT2D eigenvalue weighted by Crippen LogP contribution is 2.14. The molecule has 2 aromatic carbocycles. The summed E-state index contributed by atoms with van der Waals surface area (Å²) in [6.45, 7) is 0.404. The average Bonchev–Trinajstić information content (AvgIpc) is 2.65. The predicted octanol–water partition coefficient (Wildman–Crippen LogP) is 2.31. The van der Waals surface area contributed by atoms with Gasteiger partial charge in [-0.15, -0.1) is 0 Å². The monoisotopic (exact) mass is 350 g/mol. The zero-order chi connectivity index (χ0) is 18.9. The Bertz CT molecular complexity index is 807. The maximum atomic E-state index is 11.9. The number of benzene rings is 2. The van der Waals surface area contributed by atoms with Crippen molar-refractivity contribution in [1.82, 2.24) is 5.32 Å². The van der Waals surface area contributed by atoms with Gasteiger partial charge in [-0.3, -0.25) is 9.59 Å². The third-order valence-corrected chi connectivity index (χ3v) is 3.88. The van der Waals surface area contributed by atoms with Gasteiger partial charge in [0, 0.05) is 26.3 Å². The van der Waals surface area contributed by atoms with Gasteiger partial charge in [0.15, 0.2) is 0 Å². The molecule has 2 rings (SSSR count). The molecule has 0 aliphatic rings. The molecule has 134 valence electrons. The molecule has 0 atom stereocenters.